The van der Waals surface area contributed by atoms with Crippen LogP contribution in [0.5, 0.6) is 0 Å². The minimum atomic E-state index is 0.177. The maximum atomic E-state index is 10.9. The van der Waals surface area contributed by atoms with Crippen molar-refractivity contribution in [3.8, 4) is 0 Å². The molecule has 0 aromatic carbocycles. The van der Waals surface area contributed by atoms with Crippen LogP contribution in [-0.4, -0.2) is 5.78 Å². The van der Waals surface area contributed by atoms with Crippen molar-refractivity contribution in [1.82, 2.24) is 0 Å². The van der Waals surface area contributed by atoms with Crippen LogP contribution in [0.4, 0.5) is 0 Å². The number of fused-ring (bicyclic) bond motifs is 2. The summed E-state index contributed by atoms with van der Waals surface area (Å²) in [5, 5.41) is 0. The number of carbonyl (C=O) groups is 1. The number of carbonyl (C=O) groups excluding carboxylic acids is 1. The summed E-state index contributed by atoms with van der Waals surface area (Å²) in [6.45, 7) is 6.47. The summed E-state index contributed by atoms with van der Waals surface area (Å²) in [7, 11) is 0. The van der Waals surface area contributed by atoms with E-state index in [2.05, 4.69) is 19.9 Å². The molecule has 2 fully saturated rings. The first kappa shape index (κ1) is 10.9. The summed E-state index contributed by atoms with van der Waals surface area (Å²) in [5.74, 6) is 2.86. The molecule has 1 unspecified atom stereocenters. The van der Waals surface area contributed by atoms with Crippen LogP contribution in [0.2, 0.25) is 0 Å². The van der Waals surface area contributed by atoms with Crippen LogP contribution in [0.3, 0.4) is 0 Å². The van der Waals surface area contributed by atoms with Crippen LogP contribution in [0, 0.1) is 23.2 Å². The molecule has 0 radical (unpaired) electrons. The molecule has 0 amide bonds. The number of allylic oxidation sites excluding steroid dienone is 2. The van der Waals surface area contributed by atoms with E-state index in [0.29, 0.717) is 5.41 Å². The molecule has 3 atom stereocenters. The van der Waals surface area contributed by atoms with Gasteiger partial charge in [-0.25, -0.2) is 0 Å². The largest absolute Gasteiger partial charge is 0.295 e. The Kier molecular flexibility index (Phi) is 2.74. The lowest BCUT2D eigenvalue weighted by Gasteiger charge is -2.37. The van der Waals surface area contributed by atoms with Crippen molar-refractivity contribution in [2.75, 3.05) is 0 Å². The second kappa shape index (κ2) is 3.77. The summed E-state index contributed by atoms with van der Waals surface area (Å²) < 4.78 is 0. The standard InChI is InChI=1S/C14H22O/c1-10(15)5-4-6-13-11-7-8-12(9-11)14(13,2)3/h4-5,11-13H,6-9H2,1-3H3/b5-4+/t11-,12+,13?/m0/s1. The van der Waals surface area contributed by atoms with Crippen molar-refractivity contribution >= 4 is 5.78 Å². The average Bonchev–Trinajstić information content (AvgIpc) is 2.66. The molecule has 2 aliphatic rings. The highest BCUT2D eigenvalue weighted by atomic mass is 16.1. The third-order valence-corrected chi connectivity index (χ3v) is 4.79. The van der Waals surface area contributed by atoms with Crippen molar-refractivity contribution < 1.29 is 4.79 Å². The van der Waals surface area contributed by atoms with Gasteiger partial charge in [-0.3, -0.25) is 4.79 Å². The summed E-state index contributed by atoms with van der Waals surface area (Å²) >= 11 is 0. The fourth-order valence-corrected chi connectivity index (χ4v) is 3.84. The van der Waals surface area contributed by atoms with E-state index in [0.717, 1.165) is 24.2 Å². The highest BCUT2D eigenvalue weighted by Crippen LogP contribution is 2.60. The van der Waals surface area contributed by atoms with Crippen LogP contribution < -0.4 is 0 Å². The first-order chi connectivity index (χ1) is 7.01. The lowest BCUT2D eigenvalue weighted by atomic mass is 9.67. The fourth-order valence-electron chi connectivity index (χ4n) is 3.84. The lowest BCUT2D eigenvalue weighted by Crippen LogP contribution is -2.30. The first-order valence-electron chi connectivity index (χ1n) is 6.19. The second-order valence-corrected chi connectivity index (χ2v) is 5.95. The number of rotatable bonds is 3. The molecule has 0 aromatic rings. The van der Waals surface area contributed by atoms with E-state index in [1.165, 1.54) is 19.3 Å². The van der Waals surface area contributed by atoms with E-state index in [9.17, 15) is 4.79 Å². The molecule has 2 aliphatic carbocycles. The number of hydrogen-bond acceptors (Lipinski definition) is 1. The highest BCUT2D eigenvalue weighted by Gasteiger charge is 2.51. The van der Waals surface area contributed by atoms with Crippen molar-refractivity contribution in [1.29, 1.82) is 0 Å². The zero-order valence-electron chi connectivity index (χ0n) is 10.1. The van der Waals surface area contributed by atoms with E-state index in [-0.39, 0.29) is 5.78 Å². The molecule has 84 valence electrons. The molecule has 2 saturated carbocycles. The Bertz CT molecular complexity index is 288. The zero-order chi connectivity index (χ0) is 11.1. The van der Waals surface area contributed by atoms with Crippen molar-refractivity contribution in [3.05, 3.63) is 12.2 Å². The minimum absolute atomic E-state index is 0.177. The van der Waals surface area contributed by atoms with Crippen molar-refractivity contribution in [3.63, 3.8) is 0 Å². The van der Waals surface area contributed by atoms with Crippen LogP contribution in [0.25, 0.3) is 0 Å². The van der Waals surface area contributed by atoms with Gasteiger partial charge in [0.25, 0.3) is 0 Å². The Labute approximate surface area is 92.9 Å². The average molecular weight is 206 g/mol. The van der Waals surface area contributed by atoms with E-state index in [1.807, 2.05) is 0 Å². The van der Waals surface area contributed by atoms with Gasteiger partial charge in [0.2, 0.25) is 0 Å². The van der Waals surface area contributed by atoms with Gasteiger partial charge in [-0.2, -0.15) is 0 Å². The van der Waals surface area contributed by atoms with Crippen LogP contribution in [0.15, 0.2) is 12.2 Å². The van der Waals surface area contributed by atoms with Gasteiger partial charge in [0.15, 0.2) is 5.78 Å². The molecule has 0 aromatic heterocycles. The molecule has 0 spiro atoms. The number of hydrogen-bond donors (Lipinski definition) is 0. The molecule has 0 aliphatic heterocycles. The molecule has 0 saturated heterocycles. The molecule has 1 heteroatoms. The molecular formula is C14H22O. The third-order valence-electron chi connectivity index (χ3n) is 4.79. The van der Waals surface area contributed by atoms with E-state index >= 15 is 0 Å². The van der Waals surface area contributed by atoms with Gasteiger partial charge >= 0.3 is 0 Å². The van der Waals surface area contributed by atoms with Gasteiger partial charge in [0, 0.05) is 0 Å². The Morgan fingerprint density at radius 1 is 1.40 bits per heavy atom. The van der Waals surface area contributed by atoms with Crippen molar-refractivity contribution in [2.24, 2.45) is 23.2 Å². The van der Waals surface area contributed by atoms with E-state index in [4.69, 9.17) is 0 Å². The summed E-state index contributed by atoms with van der Waals surface area (Å²) in [5.41, 5.74) is 0.504. The maximum absolute atomic E-state index is 10.9. The molecule has 15 heavy (non-hydrogen) atoms. The van der Waals surface area contributed by atoms with Crippen LogP contribution in [0.1, 0.15) is 46.5 Å². The first-order valence-corrected chi connectivity index (χ1v) is 6.19. The predicted molar refractivity (Wildman–Crippen MR) is 62.5 cm³/mol. The minimum Gasteiger partial charge on any atom is -0.295 e. The summed E-state index contributed by atoms with van der Waals surface area (Å²) in [4.78, 5) is 10.9. The lowest BCUT2D eigenvalue weighted by molar-refractivity contribution is -0.112. The zero-order valence-corrected chi connectivity index (χ0v) is 10.1. The molecule has 0 N–H and O–H groups in total. The van der Waals surface area contributed by atoms with Gasteiger partial charge in [0.05, 0.1) is 0 Å². The Balaban J connectivity index is 2.00. The molecular weight excluding hydrogens is 184 g/mol. The van der Waals surface area contributed by atoms with Gasteiger partial charge in [-0.1, -0.05) is 19.9 Å². The SMILES string of the molecule is CC(=O)/C=C/CC1[C@H]2CC[C@H](C2)C1(C)C. The Morgan fingerprint density at radius 2 is 2.13 bits per heavy atom. The second-order valence-electron chi connectivity index (χ2n) is 5.95. The van der Waals surface area contributed by atoms with E-state index < -0.39 is 0 Å². The third kappa shape index (κ3) is 1.89. The summed E-state index contributed by atoms with van der Waals surface area (Å²) in [6, 6.07) is 0. The van der Waals surface area contributed by atoms with Gasteiger partial charge in [-0.05, 0) is 61.9 Å². The maximum Gasteiger partial charge on any atom is 0.152 e. The molecule has 2 rings (SSSR count). The number of ketones is 1. The topological polar surface area (TPSA) is 17.1 Å². The Morgan fingerprint density at radius 3 is 2.67 bits per heavy atom. The summed E-state index contributed by atoms with van der Waals surface area (Å²) in [6.07, 6.45) is 9.23. The van der Waals surface area contributed by atoms with Crippen molar-refractivity contribution in [2.45, 2.75) is 46.5 Å². The van der Waals surface area contributed by atoms with Crippen LogP contribution >= 0.6 is 0 Å². The Hall–Kier alpha value is -0.590. The molecule has 2 bridgehead atoms. The highest BCUT2D eigenvalue weighted by molar-refractivity contribution is 5.87. The van der Waals surface area contributed by atoms with Gasteiger partial charge < -0.3 is 0 Å². The van der Waals surface area contributed by atoms with Crippen LogP contribution in [-0.2, 0) is 4.79 Å². The smallest absolute Gasteiger partial charge is 0.152 e. The van der Waals surface area contributed by atoms with Gasteiger partial charge in [-0.15, -0.1) is 0 Å². The molecule has 0 heterocycles. The van der Waals surface area contributed by atoms with E-state index in [1.54, 1.807) is 13.0 Å². The monoisotopic (exact) mass is 206 g/mol. The normalized spacial score (nSPS) is 37.7. The quantitative estimate of drug-likeness (QED) is 0.645. The fraction of sp³-hybridized carbons (Fsp3) is 0.786. The van der Waals surface area contributed by atoms with Gasteiger partial charge in [0.1, 0.15) is 0 Å². The predicted octanol–water partition coefficient (Wildman–Crippen LogP) is 3.59. The molecule has 1 nitrogen and oxygen atoms in total.